The summed E-state index contributed by atoms with van der Waals surface area (Å²) < 4.78 is 20.2. The largest absolute Gasteiger partial charge is 0.493 e. The number of nitrogens with zero attached hydrogens (tertiary/aromatic N) is 3. The third-order valence-corrected chi connectivity index (χ3v) is 6.93. The molecule has 1 N–H and O–H groups in total. The van der Waals surface area contributed by atoms with Crippen LogP contribution in [0.3, 0.4) is 0 Å². The minimum Gasteiger partial charge on any atom is -0.493 e. The van der Waals surface area contributed by atoms with E-state index in [1.54, 1.807) is 10.9 Å². The van der Waals surface area contributed by atoms with E-state index in [1.165, 1.54) is 29.8 Å². The van der Waals surface area contributed by atoms with Gasteiger partial charge in [-0.15, -0.1) is 0 Å². The van der Waals surface area contributed by atoms with Crippen molar-refractivity contribution >= 4 is 17.5 Å². The summed E-state index contributed by atoms with van der Waals surface area (Å²) in [6.45, 7) is 2.23. The van der Waals surface area contributed by atoms with Gasteiger partial charge in [0.05, 0.1) is 31.3 Å². The van der Waals surface area contributed by atoms with Crippen molar-refractivity contribution in [2.24, 2.45) is 0 Å². The first-order valence-electron chi connectivity index (χ1n) is 13.2. The lowest BCUT2D eigenvalue weighted by Gasteiger charge is -2.32. The summed E-state index contributed by atoms with van der Waals surface area (Å²) in [5.74, 6) is 0.437. The fourth-order valence-corrected chi connectivity index (χ4v) is 4.78. The molecule has 0 unspecified atom stereocenters. The maximum atomic E-state index is 13.0. The van der Waals surface area contributed by atoms with Crippen LogP contribution in [-0.4, -0.2) is 46.2 Å². The molecule has 8 heteroatoms. The van der Waals surface area contributed by atoms with E-state index in [4.69, 9.17) is 4.74 Å². The molecule has 0 spiro atoms. The number of carbonyl (C=O) groups is 2. The Kier molecular flexibility index (Phi) is 8.31. The highest BCUT2D eigenvalue weighted by Crippen LogP contribution is 2.29. The molecular formula is C31H31FN4O3. The summed E-state index contributed by atoms with van der Waals surface area (Å²) in [4.78, 5) is 27.2. The first-order chi connectivity index (χ1) is 19.0. The number of hydrogen-bond donors (Lipinski definition) is 1. The molecule has 2 amide bonds. The van der Waals surface area contributed by atoms with Crippen molar-refractivity contribution in [2.75, 3.05) is 25.0 Å². The molecule has 5 rings (SSSR count). The number of piperidine rings is 1. The van der Waals surface area contributed by atoms with Crippen molar-refractivity contribution < 1.29 is 18.7 Å². The first kappa shape index (κ1) is 26.2. The number of ether oxygens (including phenoxy) is 1. The monoisotopic (exact) mass is 526 g/mol. The Morgan fingerprint density at radius 3 is 2.38 bits per heavy atom. The number of nitrogens with one attached hydrogen (secondary N) is 1. The molecule has 1 saturated heterocycles. The molecule has 1 aliphatic rings. The zero-order chi connectivity index (χ0) is 27.0. The van der Waals surface area contributed by atoms with Crippen LogP contribution in [0.25, 0.3) is 0 Å². The molecule has 39 heavy (non-hydrogen) atoms. The maximum Gasteiger partial charge on any atom is 0.257 e. The van der Waals surface area contributed by atoms with Crippen LogP contribution in [0.15, 0.2) is 91.3 Å². The molecule has 0 atom stereocenters. The van der Waals surface area contributed by atoms with E-state index in [1.807, 2.05) is 65.7 Å². The van der Waals surface area contributed by atoms with Crippen molar-refractivity contribution in [1.82, 2.24) is 14.7 Å². The van der Waals surface area contributed by atoms with Crippen LogP contribution in [0.1, 0.15) is 46.7 Å². The normalized spacial score (nSPS) is 13.7. The standard InChI is InChI=1S/C31H31FN4O3/c32-27-8-12-29(13-9-27)39-19-16-30(37)34-28-10-6-24(7-11-28)25-14-17-35(18-15-25)31(38)26-20-33-36(22-26)21-23-4-2-1-3-5-23/h1-13,20,22,25H,14-19,21H2,(H,34,37). The lowest BCUT2D eigenvalue weighted by atomic mass is 9.89. The number of rotatable bonds is 9. The van der Waals surface area contributed by atoms with Gasteiger partial charge in [-0.05, 0) is 66.3 Å². The van der Waals surface area contributed by atoms with Gasteiger partial charge >= 0.3 is 0 Å². The van der Waals surface area contributed by atoms with Gasteiger partial charge in [-0.25, -0.2) is 4.39 Å². The molecule has 1 aliphatic heterocycles. The van der Waals surface area contributed by atoms with E-state index in [2.05, 4.69) is 10.4 Å². The third kappa shape index (κ3) is 7.10. The van der Waals surface area contributed by atoms with Gasteiger partial charge in [0.1, 0.15) is 11.6 Å². The van der Waals surface area contributed by atoms with Crippen LogP contribution >= 0.6 is 0 Å². The van der Waals surface area contributed by atoms with Crippen LogP contribution < -0.4 is 10.1 Å². The lowest BCUT2D eigenvalue weighted by molar-refractivity contribution is -0.116. The van der Waals surface area contributed by atoms with E-state index in [0.29, 0.717) is 36.9 Å². The van der Waals surface area contributed by atoms with Crippen LogP contribution in [0.2, 0.25) is 0 Å². The first-order valence-corrected chi connectivity index (χ1v) is 13.2. The number of anilines is 1. The second-order valence-electron chi connectivity index (χ2n) is 9.70. The Hall–Kier alpha value is -4.46. The Morgan fingerprint density at radius 2 is 1.67 bits per heavy atom. The number of likely N-dealkylation sites (tertiary alicyclic amines) is 1. The zero-order valence-corrected chi connectivity index (χ0v) is 21.6. The zero-order valence-electron chi connectivity index (χ0n) is 21.6. The Balaban J connectivity index is 1.06. The molecule has 2 heterocycles. The summed E-state index contributed by atoms with van der Waals surface area (Å²) in [5.41, 5.74) is 3.69. The highest BCUT2D eigenvalue weighted by molar-refractivity contribution is 5.93. The molecule has 3 aromatic carbocycles. The predicted molar refractivity (Wildman–Crippen MR) is 147 cm³/mol. The minimum absolute atomic E-state index is 0.0224. The topological polar surface area (TPSA) is 76.5 Å². The van der Waals surface area contributed by atoms with Gasteiger partial charge in [0, 0.05) is 25.0 Å². The Labute approximate surface area is 227 Å². The van der Waals surface area contributed by atoms with Crippen molar-refractivity contribution in [3.05, 3.63) is 114 Å². The van der Waals surface area contributed by atoms with Gasteiger partial charge in [-0.3, -0.25) is 14.3 Å². The average molecular weight is 527 g/mol. The molecule has 0 saturated carbocycles. The molecule has 7 nitrogen and oxygen atoms in total. The van der Waals surface area contributed by atoms with Gasteiger partial charge in [0.15, 0.2) is 0 Å². The van der Waals surface area contributed by atoms with Gasteiger partial charge in [0.2, 0.25) is 5.91 Å². The molecule has 0 bridgehead atoms. The summed E-state index contributed by atoms with van der Waals surface area (Å²) in [6, 6.07) is 23.7. The molecule has 200 valence electrons. The van der Waals surface area contributed by atoms with E-state index in [0.717, 1.165) is 24.1 Å². The van der Waals surface area contributed by atoms with E-state index in [9.17, 15) is 14.0 Å². The molecule has 1 fully saturated rings. The number of carbonyl (C=O) groups excluding carboxylic acids is 2. The SMILES string of the molecule is O=C(CCOc1ccc(F)cc1)Nc1ccc(C2CCN(C(=O)c3cnn(Cc4ccccc4)c3)CC2)cc1. The molecule has 1 aromatic heterocycles. The fraction of sp³-hybridized carbons (Fsp3) is 0.258. The summed E-state index contributed by atoms with van der Waals surface area (Å²) >= 11 is 0. The van der Waals surface area contributed by atoms with E-state index >= 15 is 0 Å². The van der Waals surface area contributed by atoms with E-state index < -0.39 is 0 Å². The molecule has 0 radical (unpaired) electrons. The van der Waals surface area contributed by atoms with Gasteiger partial charge in [-0.2, -0.15) is 5.10 Å². The van der Waals surface area contributed by atoms with Crippen LogP contribution in [0.4, 0.5) is 10.1 Å². The van der Waals surface area contributed by atoms with Crippen LogP contribution in [0, 0.1) is 5.82 Å². The quantitative estimate of drug-likeness (QED) is 0.313. The molecule has 0 aliphatic carbocycles. The summed E-state index contributed by atoms with van der Waals surface area (Å²) in [5, 5.41) is 7.26. The Bertz CT molecular complexity index is 1380. The highest BCUT2D eigenvalue weighted by Gasteiger charge is 2.25. The second-order valence-corrected chi connectivity index (χ2v) is 9.70. The van der Waals surface area contributed by atoms with E-state index in [-0.39, 0.29) is 30.7 Å². The van der Waals surface area contributed by atoms with Crippen LogP contribution in [-0.2, 0) is 11.3 Å². The van der Waals surface area contributed by atoms with Crippen LogP contribution in [0.5, 0.6) is 5.75 Å². The number of amides is 2. The average Bonchev–Trinajstić information content (AvgIpc) is 3.43. The maximum absolute atomic E-state index is 13.0. The van der Waals surface area contributed by atoms with Gasteiger partial charge < -0.3 is 15.0 Å². The minimum atomic E-state index is -0.328. The third-order valence-electron chi connectivity index (χ3n) is 6.93. The lowest BCUT2D eigenvalue weighted by Crippen LogP contribution is -2.37. The van der Waals surface area contributed by atoms with Crippen molar-refractivity contribution in [1.29, 1.82) is 0 Å². The smallest absolute Gasteiger partial charge is 0.257 e. The van der Waals surface area contributed by atoms with Crippen molar-refractivity contribution in [3.63, 3.8) is 0 Å². The number of halogens is 1. The number of aromatic nitrogens is 2. The predicted octanol–water partition coefficient (Wildman–Crippen LogP) is 5.50. The van der Waals surface area contributed by atoms with Gasteiger partial charge in [-0.1, -0.05) is 42.5 Å². The molecule has 4 aromatic rings. The second kappa shape index (κ2) is 12.4. The van der Waals surface area contributed by atoms with Crippen molar-refractivity contribution in [3.8, 4) is 5.75 Å². The van der Waals surface area contributed by atoms with Gasteiger partial charge in [0.25, 0.3) is 5.91 Å². The highest BCUT2D eigenvalue weighted by atomic mass is 19.1. The number of benzene rings is 3. The number of hydrogen-bond acceptors (Lipinski definition) is 4. The van der Waals surface area contributed by atoms with Crippen molar-refractivity contribution in [2.45, 2.75) is 31.7 Å². The summed E-state index contributed by atoms with van der Waals surface area (Å²) in [7, 11) is 0. The molecular weight excluding hydrogens is 495 g/mol. The summed E-state index contributed by atoms with van der Waals surface area (Å²) in [6.07, 6.45) is 5.44. The fourth-order valence-electron chi connectivity index (χ4n) is 4.78. The Morgan fingerprint density at radius 1 is 0.949 bits per heavy atom.